The van der Waals surface area contributed by atoms with Crippen molar-refractivity contribution >= 4 is 5.91 Å². The fourth-order valence-corrected chi connectivity index (χ4v) is 5.09. The molecule has 0 aliphatic rings. The average Bonchev–Trinajstić information content (AvgIpc) is 3.04. The molecule has 0 fully saturated rings. The molecule has 0 aliphatic heterocycles. The number of rotatable bonds is 14. The summed E-state index contributed by atoms with van der Waals surface area (Å²) < 4.78 is 11.7. The van der Waals surface area contributed by atoms with Crippen LogP contribution in [-0.4, -0.2) is 41.9 Å². The van der Waals surface area contributed by atoms with Gasteiger partial charge in [0.05, 0.1) is 5.56 Å². The number of hydrazine groups is 1. The highest BCUT2D eigenvalue weighted by atomic mass is 16.7. The minimum absolute atomic E-state index is 0.268. The second-order valence-corrected chi connectivity index (χ2v) is 9.77. The molecule has 8 heteroatoms. The van der Waals surface area contributed by atoms with Crippen LogP contribution >= 0.6 is 0 Å². The molecule has 1 unspecified atom stereocenters. The zero-order chi connectivity index (χ0) is 29.2. The van der Waals surface area contributed by atoms with Crippen LogP contribution in [0, 0.1) is 0 Å². The molecule has 1 heterocycles. The van der Waals surface area contributed by atoms with Gasteiger partial charge in [0.1, 0.15) is 5.54 Å². The molecule has 4 aromatic rings. The fourth-order valence-electron chi connectivity index (χ4n) is 5.09. The van der Waals surface area contributed by atoms with Gasteiger partial charge in [0.2, 0.25) is 5.79 Å². The lowest BCUT2D eigenvalue weighted by atomic mass is 9.77. The molecular weight excluding hydrogens is 516 g/mol. The Balaban J connectivity index is 1.87. The maximum atomic E-state index is 13.5. The van der Waals surface area contributed by atoms with Crippen LogP contribution in [-0.2, 0) is 15.0 Å². The monoisotopic (exact) mass is 554 g/mol. The summed E-state index contributed by atoms with van der Waals surface area (Å²) in [4.78, 5) is 17.5. The van der Waals surface area contributed by atoms with Gasteiger partial charge in [-0.05, 0) is 35.2 Å². The number of amides is 1. The molecule has 0 saturated carbocycles. The van der Waals surface area contributed by atoms with Gasteiger partial charge in [-0.15, -0.1) is 0 Å². The Kier molecular flexibility index (Phi) is 9.99. The number of hydrogen-bond donors (Lipinski definition) is 4. The zero-order valence-electron chi connectivity index (χ0n) is 23.7. The number of nitrogens with one attached hydrogen (secondary N) is 3. The second-order valence-electron chi connectivity index (χ2n) is 9.77. The van der Waals surface area contributed by atoms with E-state index in [0.29, 0.717) is 6.42 Å². The first-order valence-electron chi connectivity index (χ1n) is 13.7. The number of aliphatic hydroxyl groups is 1. The van der Waals surface area contributed by atoms with Crippen LogP contribution in [0.2, 0.25) is 0 Å². The first-order chi connectivity index (χ1) is 19.9. The summed E-state index contributed by atoms with van der Waals surface area (Å²) in [5.41, 5.74) is 8.50. The van der Waals surface area contributed by atoms with Gasteiger partial charge in [0.15, 0.2) is 0 Å². The molecule has 1 atom stereocenters. The quantitative estimate of drug-likeness (QED) is 0.102. The predicted octanol–water partition coefficient (Wildman–Crippen LogP) is 4.72. The first-order valence-corrected chi connectivity index (χ1v) is 13.7. The number of hydrogen-bond acceptors (Lipinski definition) is 7. The Hall–Kier alpha value is -3.92. The maximum Gasteiger partial charge on any atom is 0.264 e. The van der Waals surface area contributed by atoms with Crippen LogP contribution in [0.4, 0.5) is 0 Å². The summed E-state index contributed by atoms with van der Waals surface area (Å²) >= 11 is 0. The van der Waals surface area contributed by atoms with Crippen molar-refractivity contribution in [3.05, 3.63) is 138 Å². The molecule has 4 N–H and O–H groups in total. The molecule has 0 saturated heterocycles. The predicted molar refractivity (Wildman–Crippen MR) is 158 cm³/mol. The zero-order valence-corrected chi connectivity index (χ0v) is 23.7. The van der Waals surface area contributed by atoms with Crippen LogP contribution < -0.4 is 16.2 Å². The molecule has 4 rings (SSSR count). The van der Waals surface area contributed by atoms with Gasteiger partial charge in [-0.3, -0.25) is 9.78 Å². The lowest BCUT2D eigenvalue weighted by Crippen LogP contribution is -2.77. The van der Waals surface area contributed by atoms with E-state index in [2.05, 4.69) is 21.2 Å². The van der Waals surface area contributed by atoms with E-state index < -0.39 is 23.1 Å². The molecule has 214 valence electrons. The van der Waals surface area contributed by atoms with E-state index in [1.54, 1.807) is 18.3 Å². The number of carbonyl (C=O) groups is 1. The molecule has 0 spiro atoms. The van der Waals surface area contributed by atoms with Crippen molar-refractivity contribution in [3.8, 4) is 0 Å². The normalized spacial score (nSPS) is 13.4. The van der Waals surface area contributed by atoms with Crippen molar-refractivity contribution < 1.29 is 19.4 Å². The number of carbonyl (C=O) groups excluding carboxylic acids is 1. The van der Waals surface area contributed by atoms with Crippen molar-refractivity contribution in [2.45, 2.75) is 43.4 Å². The molecule has 0 aliphatic carbocycles. The number of aromatic nitrogens is 1. The Labute approximate surface area is 241 Å². The van der Waals surface area contributed by atoms with Gasteiger partial charge in [-0.1, -0.05) is 104 Å². The molecular formula is C33H38N4O4. The highest BCUT2D eigenvalue weighted by Gasteiger charge is 2.54. The summed E-state index contributed by atoms with van der Waals surface area (Å²) in [6.45, 7) is 2.03. The maximum absolute atomic E-state index is 13.5. The third kappa shape index (κ3) is 6.22. The lowest BCUT2D eigenvalue weighted by Gasteiger charge is -2.47. The van der Waals surface area contributed by atoms with Crippen LogP contribution in [0.15, 0.2) is 116 Å². The standard InChI is InChI=1S/C33H38N4O4/c1-4-5-23-31(40-2,41-3)33(39,35-30(38)26-16-15-24-34-25-26)37-36-32(27-17-9-6-10-18-27,28-19-11-7-12-20-28)29-21-13-8-14-22-29/h6-22,24-25,36-37,39H,4-5,23H2,1-3H3,(H,35,38). The van der Waals surface area contributed by atoms with Gasteiger partial charge in [-0.2, -0.15) is 0 Å². The molecule has 0 bridgehead atoms. The molecule has 8 nitrogen and oxygen atoms in total. The summed E-state index contributed by atoms with van der Waals surface area (Å²) in [6, 6.07) is 33.0. The number of benzene rings is 3. The second kappa shape index (κ2) is 13.6. The van der Waals surface area contributed by atoms with E-state index in [0.717, 1.165) is 23.1 Å². The van der Waals surface area contributed by atoms with E-state index in [4.69, 9.17) is 9.47 Å². The Bertz CT molecular complexity index is 1260. The van der Waals surface area contributed by atoms with E-state index >= 15 is 0 Å². The van der Waals surface area contributed by atoms with Crippen LogP contribution in [0.25, 0.3) is 0 Å². The Morgan fingerprint density at radius 1 is 0.780 bits per heavy atom. The molecule has 1 amide bonds. The van der Waals surface area contributed by atoms with E-state index in [1.807, 2.05) is 97.9 Å². The Morgan fingerprint density at radius 2 is 1.29 bits per heavy atom. The third-order valence-electron chi connectivity index (χ3n) is 7.34. The summed E-state index contributed by atoms with van der Waals surface area (Å²) in [5.74, 6) is -4.47. The summed E-state index contributed by atoms with van der Waals surface area (Å²) in [7, 11) is 2.89. The molecule has 41 heavy (non-hydrogen) atoms. The number of unbranched alkanes of at least 4 members (excludes halogenated alkanes) is 1. The van der Waals surface area contributed by atoms with Crippen molar-refractivity contribution in [2.75, 3.05) is 14.2 Å². The van der Waals surface area contributed by atoms with Gasteiger partial charge >= 0.3 is 0 Å². The van der Waals surface area contributed by atoms with E-state index in [9.17, 15) is 9.90 Å². The van der Waals surface area contributed by atoms with Gasteiger partial charge < -0.3 is 19.9 Å². The largest absolute Gasteiger partial charge is 0.353 e. The van der Waals surface area contributed by atoms with Crippen molar-refractivity contribution in [3.63, 3.8) is 0 Å². The molecule has 3 aromatic carbocycles. The minimum atomic E-state index is -2.25. The number of nitrogens with zero attached hydrogens (tertiary/aromatic N) is 1. The highest BCUT2D eigenvalue weighted by molar-refractivity contribution is 5.94. The number of methoxy groups -OCH3 is 2. The fraction of sp³-hybridized carbons (Fsp3) is 0.273. The van der Waals surface area contributed by atoms with Gasteiger partial charge in [-0.25, -0.2) is 10.9 Å². The SMILES string of the molecule is CCCCC(OC)(OC)C(O)(NNC(c1ccccc1)(c1ccccc1)c1ccccc1)NC(=O)c1cccnc1. The highest BCUT2D eigenvalue weighted by Crippen LogP contribution is 2.37. The van der Waals surface area contributed by atoms with Crippen molar-refractivity contribution in [1.29, 1.82) is 0 Å². The topological polar surface area (TPSA) is 105 Å². The number of ether oxygens (including phenoxy) is 2. The average molecular weight is 555 g/mol. The van der Waals surface area contributed by atoms with Crippen molar-refractivity contribution in [2.24, 2.45) is 0 Å². The van der Waals surface area contributed by atoms with Crippen LogP contribution in [0.3, 0.4) is 0 Å². The minimum Gasteiger partial charge on any atom is -0.353 e. The molecule has 1 aromatic heterocycles. The Morgan fingerprint density at radius 3 is 1.71 bits per heavy atom. The molecule has 0 radical (unpaired) electrons. The third-order valence-corrected chi connectivity index (χ3v) is 7.34. The van der Waals surface area contributed by atoms with Crippen LogP contribution in [0.1, 0.15) is 53.2 Å². The van der Waals surface area contributed by atoms with E-state index in [1.165, 1.54) is 20.4 Å². The van der Waals surface area contributed by atoms with Crippen LogP contribution in [0.5, 0.6) is 0 Å². The number of pyridine rings is 1. The van der Waals surface area contributed by atoms with Crippen molar-refractivity contribution in [1.82, 2.24) is 21.2 Å². The van der Waals surface area contributed by atoms with E-state index in [-0.39, 0.29) is 12.0 Å². The summed E-state index contributed by atoms with van der Waals surface area (Å²) in [6.07, 6.45) is 4.77. The lowest BCUT2D eigenvalue weighted by molar-refractivity contribution is -0.325. The first kappa shape index (κ1) is 30.0. The smallest absolute Gasteiger partial charge is 0.264 e. The van der Waals surface area contributed by atoms with Gasteiger partial charge in [0.25, 0.3) is 11.8 Å². The van der Waals surface area contributed by atoms with Gasteiger partial charge in [0, 0.05) is 33.0 Å². The summed E-state index contributed by atoms with van der Waals surface area (Å²) in [5, 5.41) is 15.1.